The molecule has 0 aliphatic carbocycles. The summed E-state index contributed by atoms with van der Waals surface area (Å²) < 4.78 is 0.885. The Kier molecular flexibility index (Phi) is 4.05. The monoisotopic (exact) mass is 297 g/mol. The lowest BCUT2D eigenvalue weighted by Gasteiger charge is -2.38. The highest BCUT2D eigenvalue weighted by molar-refractivity contribution is 9.10. The van der Waals surface area contributed by atoms with E-state index in [1.54, 1.807) is 0 Å². The van der Waals surface area contributed by atoms with Crippen molar-refractivity contribution in [1.29, 1.82) is 0 Å². The molecule has 94 valence electrons. The van der Waals surface area contributed by atoms with Crippen LogP contribution in [0.1, 0.15) is 19.8 Å². The van der Waals surface area contributed by atoms with Gasteiger partial charge in [0, 0.05) is 6.54 Å². The van der Waals surface area contributed by atoms with Gasteiger partial charge in [-0.1, -0.05) is 13.0 Å². The molecule has 1 aromatic rings. The number of piperidine rings is 1. The smallest absolute Gasteiger partial charge is 0.127 e. The standard InChI is InChI=1S/C13H20BrN3/c1-13(6-8-17(2)9-7-13)10-15-12-5-3-4-11(14)16-12/h3-5H,6-10H2,1-2H3,(H,15,16). The first kappa shape index (κ1) is 12.8. The summed E-state index contributed by atoms with van der Waals surface area (Å²) in [4.78, 5) is 6.80. The van der Waals surface area contributed by atoms with E-state index < -0.39 is 0 Å². The second-order valence-corrected chi connectivity index (χ2v) is 6.13. The van der Waals surface area contributed by atoms with Crippen molar-refractivity contribution < 1.29 is 0 Å². The molecule has 0 atom stereocenters. The van der Waals surface area contributed by atoms with Gasteiger partial charge in [0.1, 0.15) is 10.4 Å². The molecule has 1 N–H and O–H groups in total. The number of hydrogen-bond acceptors (Lipinski definition) is 3. The van der Waals surface area contributed by atoms with E-state index in [4.69, 9.17) is 0 Å². The predicted molar refractivity (Wildman–Crippen MR) is 75.3 cm³/mol. The molecule has 0 radical (unpaired) electrons. The molecule has 0 aromatic carbocycles. The van der Waals surface area contributed by atoms with Gasteiger partial charge in [-0.25, -0.2) is 4.98 Å². The molecule has 0 unspecified atom stereocenters. The Labute approximate surface area is 112 Å². The lowest BCUT2D eigenvalue weighted by Crippen LogP contribution is -2.40. The largest absolute Gasteiger partial charge is 0.369 e. The summed E-state index contributed by atoms with van der Waals surface area (Å²) >= 11 is 3.39. The highest BCUT2D eigenvalue weighted by atomic mass is 79.9. The minimum atomic E-state index is 0.399. The van der Waals surface area contributed by atoms with E-state index in [2.05, 4.69) is 45.1 Å². The molecule has 1 saturated heterocycles. The van der Waals surface area contributed by atoms with Crippen LogP contribution < -0.4 is 5.32 Å². The van der Waals surface area contributed by atoms with Crippen LogP contribution in [0.3, 0.4) is 0 Å². The lowest BCUT2D eigenvalue weighted by atomic mass is 9.80. The zero-order chi connectivity index (χ0) is 12.3. The van der Waals surface area contributed by atoms with Crippen molar-refractivity contribution in [3.8, 4) is 0 Å². The number of likely N-dealkylation sites (tertiary alicyclic amines) is 1. The quantitative estimate of drug-likeness (QED) is 0.870. The summed E-state index contributed by atoms with van der Waals surface area (Å²) in [5.74, 6) is 0.958. The number of nitrogens with one attached hydrogen (secondary N) is 1. The van der Waals surface area contributed by atoms with Gasteiger partial charge in [0.05, 0.1) is 0 Å². The first-order valence-corrected chi connectivity index (χ1v) is 6.92. The summed E-state index contributed by atoms with van der Waals surface area (Å²) in [5, 5.41) is 3.45. The highest BCUT2D eigenvalue weighted by Crippen LogP contribution is 2.30. The Morgan fingerprint density at radius 3 is 2.76 bits per heavy atom. The van der Waals surface area contributed by atoms with Gasteiger partial charge in [-0.15, -0.1) is 0 Å². The molecular formula is C13H20BrN3. The second-order valence-electron chi connectivity index (χ2n) is 5.31. The number of nitrogens with zero attached hydrogens (tertiary/aromatic N) is 2. The van der Waals surface area contributed by atoms with Crippen molar-refractivity contribution in [3.05, 3.63) is 22.8 Å². The molecule has 2 heterocycles. The van der Waals surface area contributed by atoms with Gasteiger partial charge in [0.25, 0.3) is 0 Å². The van der Waals surface area contributed by atoms with Gasteiger partial charge in [0.2, 0.25) is 0 Å². The Hall–Kier alpha value is -0.610. The molecule has 17 heavy (non-hydrogen) atoms. The first-order chi connectivity index (χ1) is 8.07. The van der Waals surface area contributed by atoms with E-state index in [0.717, 1.165) is 17.0 Å². The molecule has 4 heteroatoms. The molecular weight excluding hydrogens is 278 g/mol. The minimum Gasteiger partial charge on any atom is -0.369 e. The lowest BCUT2D eigenvalue weighted by molar-refractivity contribution is 0.150. The third-order valence-corrected chi connectivity index (χ3v) is 4.05. The molecule has 0 saturated carbocycles. The van der Waals surface area contributed by atoms with Crippen molar-refractivity contribution in [2.45, 2.75) is 19.8 Å². The van der Waals surface area contributed by atoms with E-state index in [0.29, 0.717) is 5.41 Å². The van der Waals surface area contributed by atoms with Crippen LogP contribution in [0.2, 0.25) is 0 Å². The number of aromatic nitrogens is 1. The summed E-state index contributed by atoms with van der Waals surface area (Å²) in [5.41, 5.74) is 0.399. The van der Waals surface area contributed by atoms with Gasteiger partial charge >= 0.3 is 0 Å². The second kappa shape index (κ2) is 5.36. The Morgan fingerprint density at radius 1 is 1.41 bits per heavy atom. The van der Waals surface area contributed by atoms with Crippen LogP contribution in [0.5, 0.6) is 0 Å². The Balaban J connectivity index is 1.89. The molecule has 3 nitrogen and oxygen atoms in total. The van der Waals surface area contributed by atoms with Gasteiger partial charge < -0.3 is 10.2 Å². The van der Waals surface area contributed by atoms with E-state index in [1.807, 2.05) is 18.2 Å². The predicted octanol–water partition coefficient (Wildman–Crippen LogP) is 2.99. The molecule has 0 amide bonds. The van der Waals surface area contributed by atoms with Gasteiger partial charge in [-0.05, 0) is 66.5 Å². The van der Waals surface area contributed by atoms with Gasteiger partial charge in [0.15, 0.2) is 0 Å². The Morgan fingerprint density at radius 2 is 2.12 bits per heavy atom. The summed E-state index contributed by atoms with van der Waals surface area (Å²) in [6.07, 6.45) is 2.51. The fraction of sp³-hybridized carbons (Fsp3) is 0.615. The van der Waals surface area contributed by atoms with Crippen LogP contribution in [0.25, 0.3) is 0 Å². The zero-order valence-corrected chi connectivity index (χ0v) is 12.1. The summed E-state index contributed by atoms with van der Waals surface area (Å²) in [6.45, 7) is 5.77. The van der Waals surface area contributed by atoms with E-state index >= 15 is 0 Å². The van der Waals surface area contributed by atoms with Crippen molar-refractivity contribution >= 4 is 21.7 Å². The van der Waals surface area contributed by atoms with E-state index in [1.165, 1.54) is 25.9 Å². The molecule has 1 aromatic heterocycles. The average Bonchev–Trinajstić information content (AvgIpc) is 2.31. The third-order valence-electron chi connectivity index (χ3n) is 3.61. The number of rotatable bonds is 3. The number of halogens is 1. The number of hydrogen-bond donors (Lipinski definition) is 1. The summed E-state index contributed by atoms with van der Waals surface area (Å²) in [7, 11) is 2.20. The van der Waals surface area contributed by atoms with Crippen LogP contribution >= 0.6 is 15.9 Å². The van der Waals surface area contributed by atoms with Gasteiger partial charge in [-0.3, -0.25) is 0 Å². The average molecular weight is 298 g/mol. The normalized spacial score (nSPS) is 20.2. The maximum Gasteiger partial charge on any atom is 0.127 e. The molecule has 2 rings (SSSR count). The van der Waals surface area contributed by atoms with Crippen LogP contribution in [0, 0.1) is 5.41 Å². The first-order valence-electron chi connectivity index (χ1n) is 6.12. The SMILES string of the molecule is CN1CCC(C)(CNc2cccc(Br)n2)CC1. The van der Waals surface area contributed by atoms with E-state index in [9.17, 15) is 0 Å². The fourth-order valence-electron chi connectivity index (χ4n) is 2.15. The van der Waals surface area contributed by atoms with Crippen LogP contribution in [0.4, 0.5) is 5.82 Å². The van der Waals surface area contributed by atoms with Crippen molar-refractivity contribution in [2.75, 3.05) is 32.0 Å². The van der Waals surface area contributed by atoms with Crippen LogP contribution in [-0.2, 0) is 0 Å². The number of anilines is 1. The minimum absolute atomic E-state index is 0.399. The summed E-state index contributed by atoms with van der Waals surface area (Å²) in [6, 6.07) is 5.97. The zero-order valence-electron chi connectivity index (χ0n) is 10.5. The third kappa shape index (κ3) is 3.68. The maximum atomic E-state index is 4.40. The van der Waals surface area contributed by atoms with Gasteiger partial charge in [-0.2, -0.15) is 0 Å². The van der Waals surface area contributed by atoms with Crippen molar-refractivity contribution in [1.82, 2.24) is 9.88 Å². The maximum absolute atomic E-state index is 4.40. The van der Waals surface area contributed by atoms with Crippen molar-refractivity contribution in [3.63, 3.8) is 0 Å². The molecule has 1 aliphatic heterocycles. The highest BCUT2D eigenvalue weighted by Gasteiger charge is 2.28. The van der Waals surface area contributed by atoms with Crippen LogP contribution in [0.15, 0.2) is 22.8 Å². The van der Waals surface area contributed by atoms with Crippen molar-refractivity contribution in [2.24, 2.45) is 5.41 Å². The molecule has 1 aliphatic rings. The molecule has 0 bridgehead atoms. The number of pyridine rings is 1. The Bertz CT molecular complexity index is 373. The molecule has 1 fully saturated rings. The van der Waals surface area contributed by atoms with E-state index in [-0.39, 0.29) is 0 Å². The fourth-order valence-corrected chi connectivity index (χ4v) is 2.49. The topological polar surface area (TPSA) is 28.2 Å². The molecule has 0 spiro atoms. The van der Waals surface area contributed by atoms with Crippen LogP contribution in [-0.4, -0.2) is 36.6 Å².